The van der Waals surface area contributed by atoms with Gasteiger partial charge in [-0.25, -0.2) is 0 Å². The fourth-order valence-electron chi connectivity index (χ4n) is 1.83. The van der Waals surface area contributed by atoms with Gasteiger partial charge in [-0.2, -0.15) is 0 Å². The van der Waals surface area contributed by atoms with E-state index in [-0.39, 0.29) is 12.5 Å². The summed E-state index contributed by atoms with van der Waals surface area (Å²) >= 11 is 1.06. The Balaban J connectivity index is 1.94. The van der Waals surface area contributed by atoms with Gasteiger partial charge in [0.05, 0.1) is 18.9 Å². The smallest absolute Gasteiger partial charge is 0.265 e. The summed E-state index contributed by atoms with van der Waals surface area (Å²) in [6, 6.07) is 7.06. The Morgan fingerprint density at radius 3 is 2.76 bits per heavy atom. The second-order valence-corrected chi connectivity index (χ2v) is 5.16. The van der Waals surface area contributed by atoms with E-state index in [0.29, 0.717) is 22.6 Å². The van der Waals surface area contributed by atoms with Crippen molar-refractivity contribution in [3.63, 3.8) is 0 Å². The average molecular weight is 307 g/mol. The first-order valence-corrected chi connectivity index (χ1v) is 7.34. The van der Waals surface area contributed by atoms with Crippen LogP contribution < -0.4 is 10.1 Å². The first-order valence-electron chi connectivity index (χ1n) is 6.57. The van der Waals surface area contributed by atoms with Crippen molar-refractivity contribution in [2.24, 2.45) is 0 Å². The third-order valence-corrected chi connectivity index (χ3v) is 3.82. The molecule has 0 bridgehead atoms. The van der Waals surface area contributed by atoms with E-state index in [2.05, 4.69) is 14.9 Å². The van der Waals surface area contributed by atoms with Crippen LogP contribution in [0.2, 0.25) is 0 Å². The van der Waals surface area contributed by atoms with Crippen LogP contribution in [-0.4, -0.2) is 34.3 Å². The van der Waals surface area contributed by atoms with Crippen LogP contribution in [0.25, 0.3) is 0 Å². The van der Waals surface area contributed by atoms with Gasteiger partial charge in [0.15, 0.2) is 0 Å². The van der Waals surface area contributed by atoms with Crippen LogP contribution in [0.5, 0.6) is 5.75 Å². The van der Waals surface area contributed by atoms with E-state index < -0.39 is 6.10 Å². The summed E-state index contributed by atoms with van der Waals surface area (Å²) in [4.78, 5) is 12.5. The van der Waals surface area contributed by atoms with E-state index >= 15 is 0 Å². The quantitative estimate of drug-likeness (QED) is 0.846. The number of benzene rings is 1. The minimum atomic E-state index is -0.772. The van der Waals surface area contributed by atoms with Crippen molar-refractivity contribution in [3.8, 4) is 5.75 Å². The molecule has 0 spiro atoms. The third kappa shape index (κ3) is 3.77. The summed E-state index contributed by atoms with van der Waals surface area (Å²) in [6.07, 6.45) is -0.119. The van der Waals surface area contributed by atoms with Gasteiger partial charge in [-0.05, 0) is 35.6 Å². The van der Waals surface area contributed by atoms with Crippen molar-refractivity contribution in [3.05, 3.63) is 40.4 Å². The number of amides is 1. The van der Waals surface area contributed by atoms with Crippen molar-refractivity contribution < 1.29 is 14.6 Å². The fourth-order valence-corrected chi connectivity index (χ4v) is 2.49. The number of carbonyl (C=O) groups is 1. The summed E-state index contributed by atoms with van der Waals surface area (Å²) in [5.74, 6) is 0.465. The van der Waals surface area contributed by atoms with Crippen molar-refractivity contribution in [1.29, 1.82) is 0 Å². The zero-order valence-electron chi connectivity index (χ0n) is 11.9. The second kappa shape index (κ2) is 7.14. The maximum absolute atomic E-state index is 12.0. The molecule has 2 N–H and O–H groups in total. The third-order valence-electron chi connectivity index (χ3n) is 3.05. The fraction of sp³-hybridized carbons (Fsp3) is 0.357. The van der Waals surface area contributed by atoms with Gasteiger partial charge >= 0.3 is 0 Å². The van der Waals surface area contributed by atoms with Gasteiger partial charge in [-0.3, -0.25) is 4.79 Å². The summed E-state index contributed by atoms with van der Waals surface area (Å²) in [5.41, 5.74) is 1.39. The highest BCUT2D eigenvalue weighted by atomic mass is 32.1. The van der Waals surface area contributed by atoms with E-state index in [1.807, 2.05) is 6.92 Å². The monoisotopic (exact) mass is 307 g/mol. The predicted molar refractivity (Wildman–Crippen MR) is 79.6 cm³/mol. The number of nitrogens with one attached hydrogen (secondary N) is 1. The molecule has 112 valence electrons. The highest BCUT2D eigenvalue weighted by molar-refractivity contribution is 7.08. The molecule has 0 saturated heterocycles. The Labute approximate surface area is 126 Å². The predicted octanol–water partition coefficient (Wildman–Crippen LogP) is 1.57. The van der Waals surface area contributed by atoms with Crippen LogP contribution in [0.15, 0.2) is 24.3 Å². The Kier molecular flexibility index (Phi) is 5.24. The normalized spacial score (nSPS) is 12.0. The molecule has 0 aliphatic heterocycles. The van der Waals surface area contributed by atoms with Crippen LogP contribution in [0, 0.1) is 0 Å². The summed E-state index contributed by atoms with van der Waals surface area (Å²) in [5, 5.41) is 16.7. The van der Waals surface area contributed by atoms with Gasteiger partial charge in [0, 0.05) is 6.54 Å². The molecule has 0 radical (unpaired) electrons. The molecule has 1 aromatic carbocycles. The molecule has 2 aromatic rings. The van der Waals surface area contributed by atoms with Gasteiger partial charge < -0.3 is 15.2 Å². The Bertz CT molecular complexity index is 598. The molecule has 0 fully saturated rings. The lowest BCUT2D eigenvalue weighted by Gasteiger charge is -2.12. The Morgan fingerprint density at radius 1 is 1.43 bits per heavy atom. The first-order chi connectivity index (χ1) is 10.2. The lowest BCUT2D eigenvalue weighted by Crippen LogP contribution is -2.28. The number of methoxy groups -OCH3 is 1. The Morgan fingerprint density at radius 2 is 2.14 bits per heavy atom. The molecule has 21 heavy (non-hydrogen) atoms. The number of aliphatic hydroxyl groups excluding tert-OH is 1. The Hall–Kier alpha value is -1.99. The molecule has 1 heterocycles. The molecule has 1 amide bonds. The molecule has 0 unspecified atom stereocenters. The standard InChI is InChI=1S/C14H17N3O3S/c1-3-11-13(21-17-16-11)14(19)15-8-12(18)9-4-6-10(20-2)7-5-9/h4-7,12,18H,3,8H2,1-2H3,(H,15,19)/t12-/m0/s1. The summed E-state index contributed by atoms with van der Waals surface area (Å²) < 4.78 is 8.83. The highest BCUT2D eigenvalue weighted by Crippen LogP contribution is 2.17. The molecule has 2 rings (SSSR count). The first kappa shape index (κ1) is 15.4. The molecular weight excluding hydrogens is 290 g/mol. The lowest BCUT2D eigenvalue weighted by atomic mass is 10.1. The summed E-state index contributed by atoms with van der Waals surface area (Å²) in [7, 11) is 1.58. The maximum atomic E-state index is 12.0. The van der Waals surface area contributed by atoms with Gasteiger partial charge in [-0.15, -0.1) is 5.10 Å². The number of aryl methyl sites for hydroxylation is 1. The van der Waals surface area contributed by atoms with Crippen LogP contribution in [-0.2, 0) is 6.42 Å². The molecule has 0 aliphatic rings. The van der Waals surface area contributed by atoms with Gasteiger partial charge in [0.2, 0.25) is 0 Å². The highest BCUT2D eigenvalue weighted by Gasteiger charge is 2.16. The number of aliphatic hydroxyl groups is 1. The van der Waals surface area contributed by atoms with E-state index in [9.17, 15) is 9.90 Å². The number of ether oxygens (including phenoxy) is 1. The SMILES string of the molecule is CCc1nnsc1C(=O)NC[C@H](O)c1ccc(OC)cc1. The van der Waals surface area contributed by atoms with Crippen molar-refractivity contribution in [1.82, 2.24) is 14.9 Å². The van der Waals surface area contributed by atoms with E-state index in [1.165, 1.54) is 0 Å². The number of hydrogen-bond donors (Lipinski definition) is 2. The zero-order chi connectivity index (χ0) is 15.2. The number of carbonyl (C=O) groups excluding carboxylic acids is 1. The number of rotatable bonds is 6. The molecular formula is C14H17N3O3S. The largest absolute Gasteiger partial charge is 0.497 e. The molecule has 6 nitrogen and oxygen atoms in total. The van der Waals surface area contributed by atoms with Crippen molar-refractivity contribution >= 4 is 17.4 Å². The van der Waals surface area contributed by atoms with Crippen molar-refractivity contribution in [2.45, 2.75) is 19.4 Å². The van der Waals surface area contributed by atoms with Crippen LogP contribution in [0.4, 0.5) is 0 Å². The van der Waals surface area contributed by atoms with Gasteiger partial charge in [-0.1, -0.05) is 23.5 Å². The lowest BCUT2D eigenvalue weighted by molar-refractivity contribution is 0.0919. The minimum absolute atomic E-state index is 0.131. The summed E-state index contributed by atoms with van der Waals surface area (Å²) in [6.45, 7) is 2.05. The molecule has 1 atom stereocenters. The van der Waals surface area contributed by atoms with Gasteiger partial charge in [0.25, 0.3) is 5.91 Å². The molecule has 7 heteroatoms. The van der Waals surface area contributed by atoms with Crippen LogP contribution in [0.1, 0.15) is 34.0 Å². The second-order valence-electron chi connectivity index (χ2n) is 4.40. The number of nitrogens with zero attached hydrogens (tertiary/aromatic N) is 2. The number of hydrogen-bond acceptors (Lipinski definition) is 6. The van der Waals surface area contributed by atoms with Crippen molar-refractivity contribution in [2.75, 3.05) is 13.7 Å². The van der Waals surface area contributed by atoms with Crippen LogP contribution in [0.3, 0.4) is 0 Å². The average Bonchev–Trinajstić information content (AvgIpc) is 3.01. The number of aromatic nitrogens is 2. The molecule has 1 aromatic heterocycles. The van der Waals surface area contributed by atoms with E-state index in [1.54, 1.807) is 31.4 Å². The minimum Gasteiger partial charge on any atom is -0.497 e. The van der Waals surface area contributed by atoms with E-state index in [0.717, 1.165) is 17.3 Å². The van der Waals surface area contributed by atoms with Crippen LogP contribution >= 0.6 is 11.5 Å². The topological polar surface area (TPSA) is 84.3 Å². The van der Waals surface area contributed by atoms with E-state index in [4.69, 9.17) is 4.74 Å². The van der Waals surface area contributed by atoms with Gasteiger partial charge in [0.1, 0.15) is 10.6 Å². The molecule has 0 aliphatic carbocycles. The molecule has 0 saturated carbocycles. The maximum Gasteiger partial charge on any atom is 0.265 e. The zero-order valence-corrected chi connectivity index (χ0v) is 12.7.